The molecule has 2 unspecified atom stereocenters. The molecule has 2 N–H and O–H groups in total. The van der Waals surface area contributed by atoms with Gasteiger partial charge in [0, 0.05) is 17.2 Å². The summed E-state index contributed by atoms with van der Waals surface area (Å²) in [5.74, 6) is 0.0309. The van der Waals surface area contributed by atoms with Crippen molar-refractivity contribution in [1.29, 1.82) is 0 Å². The highest BCUT2D eigenvalue weighted by Gasteiger charge is 2.68. The largest absolute Gasteiger partial charge is 0.390 e. The molecule has 1 saturated heterocycles. The molecule has 6 heteroatoms. The summed E-state index contributed by atoms with van der Waals surface area (Å²) in [5.41, 5.74) is 0.886. The van der Waals surface area contributed by atoms with Gasteiger partial charge in [-0.25, -0.2) is 0 Å². The van der Waals surface area contributed by atoms with Crippen molar-refractivity contribution in [3.8, 4) is 0 Å². The first-order chi connectivity index (χ1) is 9.62. The van der Waals surface area contributed by atoms with Crippen LogP contribution in [0.15, 0.2) is 23.1 Å². The number of β-lactam (4-membered cyclic amide) rings is 1. The van der Waals surface area contributed by atoms with Gasteiger partial charge in [-0.05, 0) is 31.3 Å². The SMILES string of the molecule is O=C1N[C@H]2C(CCCl)=CS(=O)[C@@]12[C@@H](O)C1C=CCCC1. The average Bonchev–Trinajstić information content (AvgIpc) is 2.67. The summed E-state index contributed by atoms with van der Waals surface area (Å²) in [6, 6.07) is -0.320. The minimum absolute atomic E-state index is 0.0926. The molecule has 0 spiro atoms. The molecule has 1 aliphatic carbocycles. The number of carbonyl (C=O) groups is 1. The number of halogens is 1. The van der Waals surface area contributed by atoms with Crippen LogP contribution in [0.1, 0.15) is 25.7 Å². The average molecular weight is 316 g/mol. The Hall–Kier alpha value is -0.650. The molecule has 0 aromatic heterocycles. The molecular formula is C14H18ClNO3S. The number of carbonyl (C=O) groups excluding carboxylic acids is 1. The first kappa shape index (κ1) is 14.3. The van der Waals surface area contributed by atoms with E-state index >= 15 is 0 Å². The zero-order valence-electron chi connectivity index (χ0n) is 11.0. The Morgan fingerprint density at radius 3 is 3.00 bits per heavy atom. The Labute approximate surface area is 125 Å². The van der Waals surface area contributed by atoms with Crippen molar-refractivity contribution in [2.45, 2.75) is 42.6 Å². The molecule has 0 aromatic rings. The summed E-state index contributed by atoms with van der Waals surface area (Å²) in [7, 11) is -1.48. The van der Waals surface area contributed by atoms with Crippen molar-refractivity contribution in [3.05, 3.63) is 23.1 Å². The van der Waals surface area contributed by atoms with Crippen molar-refractivity contribution in [1.82, 2.24) is 5.32 Å². The van der Waals surface area contributed by atoms with Gasteiger partial charge in [-0.15, -0.1) is 11.6 Å². The number of aliphatic hydroxyl groups is 1. The molecule has 3 aliphatic rings. The van der Waals surface area contributed by atoms with Crippen LogP contribution in [0.2, 0.25) is 0 Å². The lowest BCUT2D eigenvalue weighted by molar-refractivity contribution is -0.137. The lowest BCUT2D eigenvalue weighted by Crippen LogP contribution is -2.77. The van der Waals surface area contributed by atoms with E-state index in [9.17, 15) is 14.1 Å². The first-order valence-electron chi connectivity index (χ1n) is 6.95. The number of alkyl halides is 1. The van der Waals surface area contributed by atoms with Crippen molar-refractivity contribution in [2.24, 2.45) is 5.92 Å². The predicted octanol–water partition coefficient (Wildman–Crippen LogP) is 1.22. The fraction of sp³-hybridized carbons (Fsp3) is 0.643. The van der Waals surface area contributed by atoms with Gasteiger partial charge in [0.1, 0.15) is 0 Å². The van der Waals surface area contributed by atoms with Crippen LogP contribution in [0.4, 0.5) is 0 Å². The first-order valence-corrected chi connectivity index (χ1v) is 8.70. The Balaban J connectivity index is 1.90. The number of nitrogens with one attached hydrogen (secondary N) is 1. The second-order valence-electron chi connectivity index (χ2n) is 5.60. The van der Waals surface area contributed by atoms with Gasteiger partial charge < -0.3 is 10.4 Å². The second kappa shape index (κ2) is 5.28. The molecule has 2 heterocycles. The van der Waals surface area contributed by atoms with Crippen LogP contribution in [0.3, 0.4) is 0 Å². The molecule has 4 nitrogen and oxygen atoms in total. The number of aliphatic hydroxyl groups excluding tert-OH is 1. The minimum Gasteiger partial charge on any atom is -0.390 e. The van der Waals surface area contributed by atoms with Crippen molar-refractivity contribution in [3.63, 3.8) is 0 Å². The maximum Gasteiger partial charge on any atom is 0.244 e. The van der Waals surface area contributed by atoms with Crippen LogP contribution in [-0.2, 0) is 15.6 Å². The van der Waals surface area contributed by atoms with Crippen LogP contribution in [0.25, 0.3) is 0 Å². The summed E-state index contributed by atoms with van der Waals surface area (Å²) in [4.78, 5) is 12.1. The van der Waals surface area contributed by atoms with Crippen molar-refractivity contribution < 1.29 is 14.1 Å². The Morgan fingerprint density at radius 2 is 2.40 bits per heavy atom. The van der Waals surface area contributed by atoms with Gasteiger partial charge in [-0.3, -0.25) is 9.00 Å². The predicted molar refractivity (Wildman–Crippen MR) is 78.7 cm³/mol. The van der Waals surface area contributed by atoms with Gasteiger partial charge in [0.25, 0.3) is 0 Å². The fourth-order valence-corrected chi connectivity index (χ4v) is 5.48. The van der Waals surface area contributed by atoms with Crippen LogP contribution in [0, 0.1) is 5.92 Å². The Morgan fingerprint density at radius 1 is 1.60 bits per heavy atom. The monoisotopic (exact) mass is 315 g/mol. The molecule has 0 saturated carbocycles. The number of amides is 1. The number of fused-ring (bicyclic) bond motifs is 1. The van der Waals surface area contributed by atoms with E-state index in [4.69, 9.17) is 11.6 Å². The van der Waals surface area contributed by atoms with E-state index in [1.807, 2.05) is 12.2 Å². The molecule has 0 bridgehead atoms. The molecule has 1 amide bonds. The molecule has 5 atom stereocenters. The van der Waals surface area contributed by atoms with Crippen LogP contribution < -0.4 is 5.32 Å². The summed E-state index contributed by atoms with van der Waals surface area (Å²) < 4.78 is 11.3. The van der Waals surface area contributed by atoms with Gasteiger partial charge in [-0.1, -0.05) is 12.2 Å². The topological polar surface area (TPSA) is 66.4 Å². The summed E-state index contributed by atoms with van der Waals surface area (Å²) in [6.45, 7) is 0. The number of hydrogen-bond acceptors (Lipinski definition) is 3. The quantitative estimate of drug-likeness (QED) is 0.466. The Kier molecular flexibility index (Phi) is 3.77. The van der Waals surface area contributed by atoms with E-state index in [0.717, 1.165) is 24.8 Å². The number of allylic oxidation sites excluding steroid dienone is 1. The highest BCUT2D eigenvalue weighted by molar-refractivity contribution is 7.90. The molecular weight excluding hydrogens is 298 g/mol. The minimum atomic E-state index is -1.48. The standard InChI is InChI=1S/C14H18ClNO3S/c15-7-6-10-8-20(19)14(11(10)16-13(14)18)12(17)9-4-2-1-3-5-9/h2,4,8-9,11-12,17H,1,3,5-7H2,(H,16,18)/t9?,11-,12-,14-,20?/m0/s1. The van der Waals surface area contributed by atoms with Gasteiger partial charge in [-0.2, -0.15) is 0 Å². The van der Waals surface area contributed by atoms with Gasteiger partial charge >= 0.3 is 0 Å². The molecule has 1 fully saturated rings. The lowest BCUT2D eigenvalue weighted by atomic mass is 9.73. The van der Waals surface area contributed by atoms with Crippen LogP contribution in [-0.4, -0.2) is 38.0 Å². The van der Waals surface area contributed by atoms with E-state index in [0.29, 0.717) is 12.3 Å². The normalized spacial score (nSPS) is 40.6. The van der Waals surface area contributed by atoms with E-state index in [1.165, 1.54) is 0 Å². The van der Waals surface area contributed by atoms with Gasteiger partial charge in [0.2, 0.25) is 5.91 Å². The molecule has 2 aliphatic heterocycles. The Bertz CT molecular complexity index is 519. The van der Waals surface area contributed by atoms with Crippen molar-refractivity contribution in [2.75, 3.05) is 5.88 Å². The third-order valence-electron chi connectivity index (χ3n) is 4.54. The van der Waals surface area contributed by atoms with E-state index in [2.05, 4.69) is 5.32 Å². The summed E-state index contributed by atoms with van der Waals surface area (Å²) in [6.07, 6.45) is 6.52. The maximum atomic E-state index is 12.5. The molecule has 0 aromatic carbocycles. The lowest BCUT2D eigenvalue weighted by Gasteiger charge is -2.48. The third-order valence-corrected chi connectivity index (χ3v) is 6.58. The summed E-state index contributed by atoms with van der Waals surface area (Å²) >= 11 is 5.75. The molecule has 110 valence electrons. The third kappa shape index (κ3) is 1.83. The van der Waals surface area contributed by atoms with E-state index < -0.39 is 21.7 Å². The molecule has 20 heavy (non-hydrogen) atoms. The zero-order chi connectivity index (χ0) is 14.3. The second-order valence-corrected chi connectivity index (χ2v) is 7.48. The number of rotatable bonds is 4. The highest BCUT2D eigenvalue weighted by atomic mass is 35.5. The fourth-order valence-electron chi connectivity index (χ4n) is 3.44. The maximum absolute atomic E-state index is 12.5. The zero-order valence-corrected chi connectivity index (χ0v) is 12.6. The van der Waals surface area contributed by atoms with Crippen LogP contribution in [0.5, 0.6) is 0 Å². The van der Waals surface area contributed by atoms with E-state index in [-0.39, 0.29) is 17.9 Å². The van der Waals surface area contributed by atoms with Gasteiger partial charge in [0.05, 0.1) is 22.9 Å². The van der Waals surface area contributed by atoms with E-state index in [1.54, 1.807) is 5.41 Å². The number of hydrogen-bond donors (Lipinski definition) is 2. The summed E-state index contributed by atoms with van der Waals surface area (Å²) in [5, 5.41) is 15.1. The van der Waals surface area contributed by atoms with Gasteiger partial charge in [0.15, 0.2) is 4.75 Å². The van der Waals surface area contributed by atoms with Crippen molar-refractivity contribution >= 4 is 28.3 Å². The van der Waals surface area contributed by atoms with Crippen LogP contribution >= 0.6 is 11.6 Å². The smallest absolute Gasteiger partial charge is 0.244 e. The molecule has 3 rings (SSSR count). The highest BCUT2D eigenvalue weighted by Crippen LogP contribution is 2.46. The molecule has 0 radical (unpaired) electrons.